The Balaban J connectivity index is 2.43. The van der Waals surface area contributed by atoms with E-state index in [1.165, 1.54) is 6.07 Å². The van der Waals surface area contributed by atoms with Gasteiger partial charge in [-0.15, -0.1) is 0 Å². The number of carbonyl (C=O) groups is 1. The van der Waals surface area contributed by atoms with Crippen LogP contribution in [-0.4, -0.2) is 21.0 Å². The van der Waals surface area contributed by atoms with Crippen molar-refractivity contribution in [3.63, 3.8) is 0 Å². The van der Waals surface area contributed by atoms with Gasteiger partial charge in [0, 0.05) is 15.4 Å². The molecule has 6 nitrogen and oxygen atoms in total. The minimum Gasteiger partial charge on any atom is -0.478 e. The summed E-state index contributed by atoms with van der Waals surface area (Å²) in [5.41, 5.74) is 11.3. The Hall–Kier alpha value is -1.80. The van der Waals surface area contributed by atoms with Crippen LogP contribution in [-0.2, 0) is 0 Å². The van der Waals surface area contributed by atoms with Gasteiger partial charge in [-0.25, -0.2) is 14.8 Å². The Kier molecular flexibility index (Phi) is 3.91. The molecule has 0 unspecified atom stereocenters. The van der Waals surface area contributed by atoms with E-state index in [-0.39, 0.29) is 17.2 Å². The molecule has 0 bridgehead atoms. The van der Waals surface area contributed by atoms with Crippen LogP contribution >= 0.6 is 27.7 Å². The topological polar surface area (TPSA) is 115 Å². The third kappa shape index (κ3) is 3.15. The summed E-state index contributed by atoms with van der Waals surface area (Å²) in [5.74, 6) is -0.560. The first-order valence-corrected chi connectivity index (χ1v) is 6.68. The van der Waals surface area contributed by atoms with Gasteiger partial charge in [0.2, 0.25) is 0 Å². The number of aromatic nitrogens is 2. The van der Waals surface area contributed by atoms with E-state index < -0.39 is 5.97 Å². The van der Waals surface area contributed by atoms with Crippen LogP contribution in [0, 0.1) is 0 Å². The SMILES string of the molecule is Nc1cc(N)nc(Sc2cccc(Br)c2C(=O)O)n1. The zero-order valence-electron chi connectivity index (χ0n) is 9.50. The summed E-state index contributed by atoms with van der Waals surface area (Å²) in [6, 6.07) is 6.49. The van der Waals surface area contributed by atoms with Crippen molar-refractivity contribution < 1.29 is 9.90 Å². The molecule has 0 saturated heterocycles. The number of anilines is 2. The lowest BCUT2D eigenvalue weighted by atomic mass is 10.2. The average Bonchev–Trinajstić information content (AvgIpc) is 2.26. The monoisotopic (exact) mass is 340 g/mol. The van der Waals surface area contributed by atoms with Crippen molar-refractivity contribution in [2.45, 2.75) is 10.1 Å². The van der Waals surface area contributed by atoms with Crippen molar-refractivity contribution >= 4 is 45.3 Å². The summed E-state index contributed by atoms with van der Waals surface area (Å²) in [5, 5.41) is 9.50. The number of rotatable bonds is 3. The summed E-state index contributed by atoms with van der Waals surface area (Å²) in [4.78, 5) is 19.7. The van der Waals surface area contributed by atoms with E-state index in [4.69, 9.17) is 11.5 Å². The standard InChI is InChI=1S/C11H9BrN4O2S/c12-5-2-1-3-6(9(5)10(17)18)19-11-15-7(13)4-8(14)16-11/h1-4H,(H,17,18)(H4,13,14,15,16). The van der Waals surface area contributed by atoms with Crippen LogP contribution in [0.15, 0.2) is 38.8 Å². The van der Waals surface area contributed by atoms with Crippen LogP contribution in [0.2, 0.25) is 0 Å². The largest absolute Gasteiger partial charge is 0.478 e. The minimum atomic E-state index is -1.04. The summed E-state index contributed by atoms with van der Waals surface area (Å²) in [7, 11) is 0. The Morgan fingerprint density at radius 3 is 2.47 bits per heavy atom. The number of carboxylic acid groups (broad SMARTS) is 1. The number of nitrogens with two attached hydrogens (primary N) is 2. The Bertz CT molecular complexity index is 630. The maximum atomic E-state index is 11.2. The van der Waals surface area contributed by atoms with E-state index >= 15 is 0 Å². The smallest absolute Gasteiger partial charge is 0.338 e. The van der Waals surface area contributed by atoms with E-state index in [9.17, 15) is 9.90 Å². The lowest BCUT2D eigenvalue weighted by molar-refractivity contribution is 0.0692. The lowest BCUT2D eigenvalue weighted by Crippen LogP contribution is -2.02. The van der Waals surface area contributed by atoms with E-state index in [2.05, 4.69) is 25.9 Å². The number of halogens is 1. The van der Waals surface area contributed by atoms with Gasteiger partial charge in [-0.3, -0.25) is 0 Å². The zero-order valence-corrected chi connectivity index (χ0v) is 11.9. The predicted molar refractivity (Wildman–Crippen MR) is 76.1 cm³/mol. The summed E-state index contributed by atoms with van der Waals surface area (Å²) >= 11 is 4.30. The van der Waals surface area contributed by atoms with Crippen LogP contribution in [0.1, 0.15) is 10.4 Å². The number of aromatic carboxylic acids is 1. The normalized spacial score (nSPS) is 10.4. The molecule has 1 aromatic carbocycles. The van der Waals surface area contributed by atoms with Crippen molar-refractivity contribution in [2.24, 2.45) is 0 Å². The fourth-order valence-corrected chi connectivity index (χ4v) is 3.01. The molecular weight excluding hydrogens is 332 g/mol. The molecule has 0 fully saturated rings. The fourth-order valence-electron chi connectivity index (χ4n) is 1.40. The molecule has 1 aromatic heterocycles. The molecule has 0 amide bonds. The minimum absolute atomic E-state index is 0.150. The highest BCUT2D eigenvalue weighted by atomic mass is 79.9. The quantitative estimate of drug-likeness (QED) is 0.733. The van der Waals surface area contributed by atoms with Crippen LogP contribution in [0.25, 0.3) is 0 Å². The average molecular weight is 341 g/mol. The first-order valence-electron chi connectivity index (χ1n) is 5.07. The molecule has 2 aromatic rings. The van der Waals surface area contributed by atoms with Crippen LogP contribution in [0.5, 0.6) is 0 Å². The van der Waals surface area contributed by atoms with Gasteiger partial charge in [-0.1, -0.05) is 6.07 Å². The molecule has 8 heteroatoms. The highest BCUT2D eigenvalue weighted by molar-refractivity contribution is 9.10. The van der Waals surface area contributed by atoms with E-state index in [1.54, 1.807) is 18.2 Å². The number of benzene rings is 1. The van der Waals surface area contributed by atoms with Gasteiger partial charge in [0.25, 0.3) is 0 Å². The first kappa shape index (κ1) is 13.6. The lowest BCUT2D eigenvalue weighted by Gasteiger charge is -2.07. The summed E-state index contributed by atoms with van der Waals surface area (Å²) < 4.78 is 0.488. The Labute approximate surface area is 121 Å². The second-order valence-corrected chi connectivity index (χ2v) is 5.38. The zero-order chi connectivity index (χ0) is 14.0. The number of nitrogen functional groups attached to an aromatic ring is 2. The summed E-state index contributed by atoms with van der Waals surface area (Å²) in [6.45, 7) is 0. The highest BCUT2D eigenvalue weighted by Gasteiger charge is 2.16. The molecule has 5 N–H and O–H groups in total. The van der Waals surface area contributed by atoms with Crippen LogP contribution < -0.4 is 11.5 Å². The van der Waals surface area contributed by atoms with Crippen molar-refractivity contribution in [1.29, 1.82) is 0 Å². The second kappa shape index (κ2) is 5.45. The van der Waals surface area contributed by atoms with Gasteiger partial charge in [0.1, 0.15) is 11.6 Å². The maximum absolute atomic E-state index is 11.2. The maximum Gasteiger partial charge on any atom is 0.338 e. The second-order valence-electron chi connectivity index (χ2n) is 3.52. The molecular formula is C11H9BrN4O2S. The van der Waals surface area contributed by atoms with Gasteiger partial charge in [0.05, 0.1) is 5.56 Å². The molecule has 0 aliphatic heterocycles. The molecule has 0 spiro atoms. The summed E-state index contributed by atoms with van der Waals surface area (Å²) in [6.07, 6.45) is 0. The number of carboxylic acids is 1. The fraction of sp³-hybridized carbons (Fsp3) is 0. The van der Waals surface area contributed by atoms with Gasteiger partial charge in [-0.05, 0) is 39.8 Å². The molecule has 0 aliphatic rings. The number of nitrogens with zero attached hydrogens (tertiary/aromatic N) is 2. The molecule has 2 rings (SSSR count). The first-order chi connectivity index (χ1) is 8.97. The molecule has 0 radical (unpaired) electrons. The van der Waals surface area contributed by atoms with Crippen LogP contribution in [0.4, 0.5) is 11.6 Å². The molecule has 0 saturated carbocycles. The third-order valence-electron chi connectivity index (χ3n) is 2.14. The van der Waals surface area contributed by atoms with Gasteiger partial charge in [0.15, 0.2) is 5.16 Å². The molecule has 0 aliphatic carbocycles. The van der Waals surface area contributed by atoms with Crippen molar-refractivity contribution in [3.05, 3.63) is 34.3 Å². The van der Waals surface area contributed by atoms with Crippen molar-refractivity contribution in [2.75, 3.05) is 11.5 Å². The van der Waals surface area contributed by atoms with Gasteiger partial charge < -0.3 is 16.6 Å². The molecule has 1 heterocycles. The van der Waals surface area contributed by atoms with Crippen molar-refractivity contribution in [1.82, 2.24) is 9.97 Å². The van der Waals surface area contributed by atoms with Crippen LogP contribution in [0.3, 0.4) is 0 Å². The van der Waals surface area contributed by atoms with Crippen molar-refractivity contribution in [3.8, 4) is 0 Å². The van der Waals surface area contributed by atoms with Gasteiger partial charge >= 0.3 is 5.97 Å². The molecule has 98 valence electrons. The van der Waals surface area contributed by atoms with E-state index in [0.717, 1.165) is 11.8 Å². The predicted octanol–water partition coefficient (Wildman–Crippen LogP) is 2.25. The molecule has 19 heavy (non-hydrogen) atoms. The van der Waals surface area contributed by atoms with E-state index in [1.807, 2.05) is 0 Å². The Morgan fingerprint density at radius 1 is 1.26 bits per heavy atom. The van der Waals surface area contributed by atoms with E-state index in [0.29, 0.717) is 14.5 Å². The molecule has 0 atom stereocenters. The number of hydrogen-bond acceptors (Lipinski definition) is 6. The number of hydrogen-bond donors (Lipinski definition) is 3. The highest BCUT2D eigenvalue weighted by Crippen LogP contribution is 2.32. The third-order valence-corrected chi connectivity index (χ3v) is 3.72. The van der Waals surface area contributed by atoms with Gasteiger partial charge in [-0.2, -0.15) is 0 Å². The Morgan fingerprint density at radius 2 is 1.89 bits per heavy atom.